The van der Waals surface area contributed by atoms with Crippen LogP contribution in [0.2, 0.25) is 0 Å². The van der Waals surface area contributed by atoms with Crippen molar-refractivity contribution in [2.45, 2.75) is 20.0 Å². The molecule has 1 aromatic rings. The van der Waals surface area contributed by atoms with Crippen molar-refractivity contribution in [1.82, 2.24) is 10.6 Å². The summed E-state index contributed by atoms with van der Waals surface area (Å²) >= 11 is 0. The van der Waals surface area contributed by atoms with Crippen molar-refractivity contribution >= 4 is 11.8 Å². The van der Waals surface area contributed by atoms with E-state index >= 15 is 0 Å². The minimum atomic E-state index is -0.578. The maximum atomic E-state index is 11.9. The Balaban J connectivity index is 2.70. The molecule has 2 amide bonds. The smallest absolute Gasteiger partial charge is 0.251 e. The molecule has 0 spiro atoms. The van der Waals surface area contributed by atoms with Gasteiger partial charge in [-0.3, -0.25) is 9.59 Å². The van der Waals surface area contributed by atoms with Crippen molar-refractivity contribution in [3.05, 3.63) is 35.4 Å². The van der Waals surface area contributed by atoms with Crippen molar-refractivity contribution in [2.24, 2.45) is 5.92 Å². The summed E-state index contributed by atoms with van der Waals surface area (Å²) in [5.41, 5.74) is 0.830. The monoisotopic (exact) mass is 264 g/mol. The van der Waals surface area contributed by atoms with Gasteiger partial charge in [0, 0.05) is 24.7 Å². The van der Waals surface area contributed by atoms with Gasteiger partial charge in [0.1, 0.15) is 0 Å². The van der Waals surface area contributed by atoms with E-state index in [1.54, 1.807) is 18.2 Å². The lowest BCUT2D eigenvalue weighted by Crippen LogP contribution is -2.34. The number of carbonyl (C=O) groups excluding carboxylic acids is 2. The summed E-state index contributed by atoms with van der Waals surface area (Å²) in [7, 11) is 1.54. The molecular formula is C14H20N2O3. The van der Waals surface area contributed by atoms with Crippen molar-refractivity contribution in [3.8, 4) is 0 Å². The number of nitrogens with one attached hydrogen (secondary N) is 2. The van der Waals surface area contributed by atoms with Crippen LogP contribution in [-0.4, -0.2) is 36.6 Å². The number of rotatable bonds is 5. The molecule has 1 aromatic carbocycles. The van der Waals surface area contributed by atoms with Crippen LogP contribution in [-0.2, 0) is 0 Å². The van der Waals surface area contributed by atoms with Gasteiger partial charge in [0.05, 0.1) is 6.10 Å². The van der Waals surface area contributed by atoms with Crippen LogP contribution in [0, 0.1) is 5.92 Å². The Morgan fingerprint density at radius 2 is 1.79 bits per heavy atom. The van der Waals surface area contributed by atoms with Crippen molar-refractivity contribution < 1.29 is 14.7 Å². The third kappa shape index (κ3) is 4.37. The van der Waals surface area contributed by atoms with Crippen LogP contribution in [0.1, 0.15) is 34.6 Å². The molecule has 5 heteroatoms. The Morgan fingerprint density at radius 1 is 1.21 bits per heavy atom. The molecule has 0 saturated heterocycles. The second kappa shape index (κ2) is 6.89. The quantitative estimate of drug-likeness (QED) is 0.736. The summed E-state index contributed by atoms with van der Waals surface area (Å²) in [5.74, 6) is -0.458. The van der Waals surface area contributed by atoms with Gasteiger partial charge >= 0.3 is 0 Å². The molecule has 3 N–H and O–H groups in total. The molecule has 1 rings (SSSR count). The molecular weight excluding hydrogens is 244 g/mol. The molecule has 104 valence electrons. The lowest BCUT2D eigenvalue weighted by molar-refractivity contribution is 0.0871. The first kappa shape index (κ1) is 15.2. The summed E-state index contributed by atoms with van der Waals surface area (Å²) < 4.78 is 0. The van der Waals surface area contributed by atoms with Crippen LogP contribution in [0.25, 0.3) is 0 Å². The fourth-order valence-corrected chi connectivity index (χ4v) is 1.48. The van der Waals surface area contributed by atoms with Gasteiger partial charge in [0.15, 0.2) is 0 Å². The number of amides is 2. The van der Waals surface area contributed by atoms with Crippen molar-refractivity contribution in [1.29, 1.82) is 0 Å². The van der Waals surface area contributed by atoms with Crippen LogP contribution < -0.4 is 10.6 Å². The molecule has 5 nitrogen and oxygen atoms in total. The molecule has 0 fully saturated rings. The van der Waals surface area contributed by atoms with E-state index in [0.29, 0.717) is 11.1 Å². The molecule has 1 unspecified atom stereocenters. The van der Waals surface area contributed by atoms with Crippen LogP contribution in [0.3, 0.4) is 0 Å². The van der Waals surface area contributed by atoms with Gasteiger partial charge in [0.25, 0.3) is 11.8 Å². The molecule has 0 aliphatic heterocycles. The zero-order chi connectivity index (χ0) is 14.4. The van der Waals surface area contributed by atoms with Gasteiger partial charge in [0.2, 0.25) is 0 Å². The fourth-order valence-electron chi connectivity index (χ4n) is 1.48. The topological polar surface area (TPSA) is 78.4 Å². The molecule has 0 saturated carbocycles. The number of hydrogen-bond acceptors (Lipinski definition) is 3. The van der Waals surface area contributed by atoms with Crippen LogP contribution in [0.5, 0.6) is 0 Å². The number of hydrogen-bond donors (Lipinski definition) is 3. The Bertz CT molecular complexity index is 458. The second-order valence-electron chi connectivity index (χ2n) is 4.68. The van der Waals surface area contributed by atoms with Gasteiger partial charge in [-0.1, -0.05) is 19.9 Å². The fraction of sp³-hybridized carbons (Fsp3) is 0.429. The lowest BCUT2D eigenvalue weighted by atomic mass is 10.1. The van der Waals surface area contributed by atoms with E-state index in [-0.39, 0.29) is 24.3 Å². The summed E-state index contributed by atoms with van der Waals surface area (Å²) in [5, 5.41) is 14.8. The van der Waals surface area contributed by atoms with E-state index in [2.05, 4.69) is 10.6 Å². The lowest BCUT2D eigenvalue weighted by Gasteiger charge is -2.15. The zero-order valence-corrected chi connectivity index (χ0v) is 11.4. The SMILES string of the molecule is CNC(=O)c1cccc(C(=O)NCC(O)C(C)C)c1. The van der Waals surface area contributed by atoms with Gasteiger partial charge in [-0.15, -0.1) is 0 Å². The summed E-state index contributed by atoms with van der Waals surface area (Å²) in [6.45, 7) is 3.95. The Kier molecular flexibility index (Phi) is 5.51. The van der Waals surface area contributed by atoms with Crippen molar-refractivity contribution in [2.75, 3.05) is 13.6 Å². The Morgan fingerprint density at radius 3 is 2.32 bits per heavy atom. The van der Waals surface area contributed by atoms with E-state index in [1.807, 2.05) is 13.8 Å². The van der Waals surface area contributed by atoms with Crippen LogP contribution in [0.15, 0.2) is 24.3 Å². The third-order valence-corrected chi connectivity index (χ3v) is 2.86. The first-order valence-electron chi connectivity index (χ1n) is 6.24. The van der Waals surface area contributed by atoms with Gasteiger partial charge < -0.3 is 15.7 Å². The maximum Gasteiger partial charge on any atom is 0.251 e. The summed E-state index contributed by atoms with van der Waals surface area (Å²) in [4.78, 5) is 23.3. The normalized spacial score (nSPS) is 12.1. The van der Waals surface area contributed by atoms with E-state index in [9.17, 15) is 14.7 Å². The second-order valence-corrected chi connectivity index (χ2v) is 4.68. The predicted molar refractivity (Wildman–Crippen MR) is 73.0 cm³/mol. The van der Waals surface area contributed by atoms with E-state index in [4.69, 9.17) is 0 Å². The Hall–Kier alpha value is -1.88. The molecule has 0 bridgehead atoms. The van der Waals surface area contributed by atoms with E-state index in [0.717, 1.165) is 0 Å². The van der Waals surface area contributed by atoms with E-state index < -0.39 is 6.10 Å². The minimum Gasteiger partial charge on any atom is -0.391 e. The van der Waals surface area contributed by atoms with Gasteiger partial charge in [-0.2, -0.15) is 0 Å². The van der Waals surface area contributed by atoms with Crippen LogP contribution >= 0.6 is 0 Å². The summed E-state index contributed by atoms with van der Waals surface area (Å²) in [6.07, 6.45) is -0.578. The molecule has 0 aliphatic carbocycles. The highest BCUT2D eigenvalue weighted by molar-refractivity contribution is 5.99. The predicted octanol–water partition coefficient (Wildman–Crippen LogP) is 0.793. The zero-order valence-electron chi connectivity index (χ0n) is 11.4. The minimum absolute atomic E-state index is 0.0810. The molecule has 19 heavy (non-hydrogen) atoms. The largest absolute Gasteiger partial charge is 0.391 e. The average molecular weight is 264 g/mol. The number of benzene rings is 1. The molecule has 0 heterocycles. The highest BCUT2D eigenvalue weighted by Crippen LogP contribution is 2.06. The van der Waals surface area contributed by atoms with Crippen molar-refractivity contribution in [3.63, 3.8) is 0 Å². The first-order chi connectivity index (χ1) is 8.95. The maximum absolute atomic E-state index is 11.9. The first-order valence-corrected chi connectivity index (χ1v) is 6.24. The standard InChI is InChI=1S/C14H20N2O3/c1-9(2)12(17)8-16-14(19)11-6-4-5-10(7-11)13(18)15-3/h4-7,9,12,17H,8H2,1-3H3,(H,15,18)(H,16,19). The number of aliphatic hydroxyl groups excluding tert-OH is 1. The van der Waals surface area contributed by atoms with Gasteiger partial charge in [-0.05, 0) is 24.1 Å². The number of carbonyl (C=O) groups is 2. The van der Waals surface area contributed by atoms with E-state index in [1.165, 1.54) is 13.1 Å². The molecule has 0 aliphatic rings. The third-order valence-electron chi connectivity index (χ3n) is 2.86. The average Bonchev–Trinajstić information content (AvgIpc) is 2.43. The molecule has 0 radical (unpaired) electrons. The Labute approximate surface area is 113 Å². The number of aliphatic hydroxyl groups is 1. The van der Waals surface area contributed by atoms with Gasteiger partial charge in [-0.25, -0.2) is 0 Å². The van der Waals surface area contributed by atoms with Crippen LogP contribution in [0.4, 0.5) is 0 Å². The molecule has 1 atom stereocenters. The summed E-state index contributed by atoms with van der Waals surface area (Å²) in [6, 6.07) is 6.44. The highest BCUT2D eigenvalue weighted by atomic mass is 16.3. The molecule has 0 aromatic heterocycles. The highest BCUT2D eigenvalue weighted by Gasteiger charge is 2.13.